The quantitative estimate of drug-likeness (QED) is 0.530. The summed E-state index contributed by atoms with van der Waals surface area (Å²) in [5, 5.41) is 7.70. The third-order valence-electron chi connectivity index (χ3n) is 2.09. The van der Waals surface area contributed by atoms with Crippen molar-refractivity contribution in [3.8, 4) is 0 Å². The zero-order valence-electron chi connectivity index (χ0n) is 9.66. The molecule has 0 bridgehead atoms. The second-order valence-corrected chi connectivity index (χ2v) is 3.90. The summed E-state index contributed by atoms with van der Waals surface area (Å²) in [6, 6.07) is 5.94. The number of hydrogen-bond donors (Lipinski definition) is 1. The van der Waals surface area contributed by atoms with E-state index in [1.807, 2.05) is 0 Å². The predicted molar refractivity (Wildman–Crippen MR) is 71.8 cm³/mol. The Labute approximate surface area is 113 Å². The van der Waals surface area contributed by atoms with Crippen molar-refractivity contribution >= 4 is 23.7 Å². The number of amidine groups is 1. The molecule has 7 heteroatoms. The Hall–Kier alpha value is -2.34. The van der Waals surface area contributed by atoms with E-state index < -0.39 is 0 Å². The molecule has 2 aromatic rings. The van der Waals surface area contributed by atoms with Crippen LogP contribution in [-0.4, -0.2) is 22.0 Å². The summed E-state index contributed by atoms with van der Waals surface area (Å²) >= 11 is 5.67. The molecule has 0 unspecified atom stereocenters. The van der Waals surface area contributed by atoms with Crippen LogP contribution in [0.4, 0.5) is 4.39 Å². The molecule has 0 radical (unpaired) electrons. The fourth-order valence-corrected chi connectivity index (χ4v) is 1.41. The molecule has 0 fully saturated rings. The number of rotatable bonds is 3. The lowest BCUT2D eigenvalue weighted by Gasteiger charge is -1.96. The highest BCUT2D eigenvalue weighted by Crippen LogP contribution is 2.03. The molecule has 2 N–H and O–H groups in total. The largest absolute Gasteiger partial charge is 0.380 e. The van der Waals surface area contributed by atoms with Crippen LogP contribution >= 0.6 is 11.6 Å². The van der Waals surface area contributed by atoms with Crippen molar-refractivity contribution in [1.29, 1.82) is 0 Å². The third-order valence-corrected chi connectivity index (χ3v) is 2.27. The lowest BCUT2D eigenvalue weighted by atomic mass is 10.2. The molecule has 0 saturated carbocycles. The first-order chi connectivity index (χ1) is 9.15. The first kappa shape index (κ1) is 13.1. The van der Waals surface area contributed by atoms with Crippen LogP contribution < -0.4 is 5.73 Å². The molecule has 1 heterocycles. The Morgan fingerprint density at radius 1 is 1.37 bits per heavy atom. The maximum absolute atomic E-state index is 12.9. The Kier molecular flexibility index (Phi) is 4.15. The van der Waals surface area contributed by atoms with E-state index in [9.17, 15) is 4.39 Å². The fraction of sp³-hybridized carbons (Fsp3) is 0. The molecule has 0 aliphatic carbocycles. The van der Waals surface area contributed by atoms with Gasteiger partial charge in [0, 0.05) is 0 Å². The smallest absolute Gasteiger partial charge is 0.173 e. The maximum atomic E-state index is 12.9. The number of nitrogens with two attached hydrogens (primary N) is 1. The van der Waals surface area contributed by atoms with Crippen LogP contribution in [0, 0.1) is 5.82 Å². The van der Waals surface area contributed by atoms with Crippen molar-refractivity contribution in [1.82, 2.24) is 9.97 Å². The minimum Gasteiger partial charge on any atom is -0.380 e. The number of aromatic nitrogens is 2. The lowest BCUT2D eigenvalue weighted by Crippen LogP contribution is -2.15. The van der Waals surface area contributed by atoms with Crippen LogP contribution in [0.15, 0.2) is 46.9 Å². The molecule has 2 rings (SSSR count). The van der Waals surface area contributed by atoms with E-state index in [1.165, 1.54) is 30.7 Å². The van der Waals surface area contributed by atoms with Crippen molar-refractivity contribution in [3.63, 3.8) is 0 Å². The first-order valence-electron chi connectivity index (χ1n) is 5.25. The van der Waals surface area contributed by atoms with Crippen molar-refractivity contribution in [2.75, 3.05) is 0 Å². The molecule has 0 saturated heterocycles. The average Bonchev–Trinajstić information content (AvgIpc) is 2.38. The minimum absolute atomic E-state index is 0.0719. The third kappa shape index (κ3) is 3.82. The Morgan fingerprint density at radius 2 is 2.21 bits per heavy atom. The molecule has 1 aromatic carbocycles. The van der Waals surface area contributed by atoms with Gasteiger partial charge in [0.15, 0.2) is 5.84 Å². The highest BCUT2D eigenvalue weighted by atomic mass is 35.5. The fourth-order valence-electron chi connectivity index (χ4n) is 1.26. The number of nitrogens with zero attached hydrogens (tertiary/aromatic N) is 4. The highest BCUT2D eigenvalue weighted by Gasteiger charge is 2.01. The van der Waals surface area contributed by atoms with Gasteiger partial charge in [-0.15, -0.1) is 5.10 Å². The van der Waals surface area contributed by atoms with Gasteiger partial charge in [-0.25, -0.2) is 9.37 Å². The van der Waals surface area contributed by atoms with Gasteiger partial charge in [-0.1, -0.05) is 23.7 Å². The molecule has 0 aliphatic heterocycles. The summed E-state index contributed by atoms with van der Waals surface area (Å²) < 4.78 is 12.9. The molecule has 0 atom stereocenters. The molecule has 19 heavy (non-hydrogen) atoms. The molecular formula is C12H9ClFN5. The van der Waals surface area contributed by atoms with Crippen LogP contribution in [-0.2, 0) is 0 Å². The maximum Gasteiger partial charge on any atom is 0.173 e. The van der Waals surface area contributed by atoms with Crippen LogP contribution in [0.3, 0.4) is 0 Å². The number of halogens is 2. The first-order valence-corrected chi connectivity index (χ1v) is 5.63. The monoisotopic (exact) mass is 277 g/mol. The van der Waals surface area contributed by atoms with Gasteiger partial charge in [-0.05, 0) is 17.7 Å². The molecule has 0 aliphatic rings. The SMILES string of the molecule is NC(=N/N=C\c1cccc(F)c1)c1cncc(Cl)n1. The van der Waals surface area contributed by atoms with E-state index >= 15 is 0 Å². The Morgan fingerprint density at radius 3 is 2.95 bits per heavy atom. The van der Waals surface area contributed by atoms with Crippen LogP contribution in [0.1, 0.15) is 11.3 Å². The summed E-state index contributed by atoms with van der Waals surface area (Å²) in [5.41, 5.74) is 6.56. The van der Waals surface area contributed by atoms with Crippen LogP contribution in [0.5, 0.6) is 0 Å². The summed E-state index contributed by atoms with van der Waals surface area (Å²) in [6.07, 6.45) is 4.19. The summed E-state index contributed by atoms with van der Waals surface area (Å²) in [5.74, 6) is -0.274. The van der Waals surface area contributed by atoms with E-state index in [4.69, 9.17) is 17.3 Å². The van der Waals surface area contributed by atoms with E-state index in [2.05, 4.69) is 20.2 Å². The molecular weight excluding hydrogens is 269 g/mol. The molecule has 1 aromatic heterocycles. The average molecular weight is 278 g/mol. The minimum atomic E-state index is -0.346. The highest BCUT2D eigenvalue weighted by molar-refractivity contribution is 6.29. The van der Waals surface area contributed by atoms with Crippen molar-refractivity contribution in [3.05, 3.63) is 58.9 Å². The van der Waals surface area contributed by atoms with Crippen molar-refractivity contribution in [2.45, 2.75) is 0 Å². The van der Waals surface area contributed by atoms with Crippen LogP contribution in [0.2, 0.25) is 5.15 Å². The topological polar surface area (TPSA) is 76.5 Å². The van der Waals surface area contributed by atoms with Gasteiger partial charge in [-0.2, -0.15) is 5.10 Å². The molecule has 5 nitrogen and oxygen atoms in total. The van der Waals surface area contributed by atoms with Gasteiger partial charge in [-0.3, -0.25) is 4.98 Å². The molecule has 96 valence electrons. The van der Waals surface area contributed by atoms with Crippen molar-refractivity contribution in [2.24, 2.45) is 15.9 Å². The summed E-state index contributed by atoms with van der Waals surface area (Å²) in [4.78, 5) is 7.75. The Balaban J connectivity index is 2.14. The van der Waals surface area contributed by atoms with Gasteiger partial charge >= 0.3 is 0 Å². The summed E-state index contributed by atoms with van der Waals surface area (Å²) in [6.45, 7) is 0. The van der Waals surface area contributed by atoms with E-state index in [0.717, 1.165) is 0 Å². The van der Waals surface area contributed by atoms with Crippen LogP contribution in [0.25, 0.3) is 0 Å². The van der Waals surface area contributed by atoms with Gasteiger partial charge in [0.1, 0.15) is 16.7 Å². The van der Waals surface area contributed by atoms with E-state index in [-0.39, 0.29) is 16.8 Å². The normalized spacial score (nSPS) is 12.0. The zero-order valence-corrected chi connectivity index (χ0v) is 10.4. The zero-order chi connectivity index (χ0) is 13.7. The van der Waals surface area contributed by atoms with Gasteiger partial charge in [0.2, 0.25) is 0 Å². The Bertz CT molecular complexity index is 642. The predicted octanol–water partition coefficient (Wildman–Crippen LogP) is 2.01. The number of hydrogen-bond acceptors (Lipinski definition) is 4. The van der Waals surface area contributed by atoms with Gasteiger partial charge in [0.25, 0.3) is 0 Å². The summed E-state index contributed by atoms with van der Waals surface area (Å²) in [7, 11) is 0. The molecule has 0 spiro atoms. The standard InChI is InChI=1S/C12H9ClFN5/c13-11-7-16-6-10(18-11)12(15)19-17-5-8-2-1-3-9(14)4-8/h1-7H,(H2,15,19)/b17-5-. The van der Waals surface area contributed by atoms with E-state index in [1.54, 1.807) is 12.1 Å². The second-order valence-electron chi connectivity index (χ2n) is 3.51. The van der Waals surface area contributed by atoms with Gasteiger partial charge in [0.05, 0.1) is 18.6 Å². The number of benzene rings is 1. The van der Waals surface area contributed by atoms with Crippen molar-refractivity contribution < 1.29 is 4.39 Å². The second kappa shape index (κ2) is 6.01. The van der Waals surface area contributed by atoms with E-state index in [0.29, 0.717) is 11.3 Å². The van der Waals surface area contributed by atoms with Gasteiger partial charge < -0.3 is 5.73 Å². The lowest BCUT2D eigenvalue weighted by molar-refractivity contribution is 0.627. The molecule has 0 amide bonds.